The summed E-state index contributed by atoms with van der Waals surface area (Å²) >= 11 is 5.65. The molecule has 1 unspecified atom stereocenters. The molecule has 0 radical (unpaired) electrons. The SMILES string of the molecule is CC[C@]1(C)N[C@@H](C(=O)O)C1c1ccnc(Cl)c1F. The summed E-state index contributed by atoms with van der Waals surface area (Å²) in [7, 11) is 0. The second-order valence-corrected chi connectivity index (χ2v) is 5.07. The normalized spacial score (nSPS) is 30.9. The molecule has 1 aromatic heterocycles. The fourth-order valence-corrected chi connectivity index (χ4v) is 2.69. The van der Waals surface area contributed by atoms with Crippen molar-refractivity contribution < 1.29 is 14.3 Å². The Morgan fingerprint density at radius 3 is 2.94 bits per heavy atom. The number of pyridine rings is 1. The van der Waals surface area contributed by atoms with E-state index in [1.165, 1.54) is 12.3 Å². The standard InChI is InChI=1S/C12H14ClFN2O2/c1-3-12(2)7(9(16-12)11(17)18)6-4-5-15-10(13)8(6)14/h4-5,7,9,16H,3H2,1-2H3,(H,17,18)/t7?,9-,12+/m1/s1. The predicted octanol–water partition coefficient (Wildman–Crippen LogP) is 2.18. The van der Waals surface area contributed by atoms with Crippen LogP contribution < -0.4 is 5.32 Å². The fourth-order valence-electron chi connectivity index (χ4n) is 2.52. The summed E-state index contributed by atoms with van der Waals surface area (Å²) in [4.78, 5) is 14.8. The molecule has 1 fully saturated rings. The minimum atomic E-state index is -0.988. The van der Waals surface area contributed by atoms with Gasteiger partial charge in [-0.05, 0) is 25.0 Å². The van der Waals surface area contributed by atoms with Crippen molar-refractivity contribution in [3.63, 3.8) is 0 Å². The van der Waals surface area contributed by atoms with Crippen molar-refractivity contribution in [1.82, 2.24) is 10.3 Å². The van der Waals surface area contributed by atoms with E-state index in [0.29, 0.717) is 12.0 Å². The molecule has 2 heterocycles. The van der Waals surface area contributed by atoms with Crippen LogP contribution in [-0.2, 0) is 4.79 Å². The third-order valence-electron chi connectivity index (χ3n) is 3.72. The van der Waals surface area contributed by atoms with Crippen molar-refractivity contribution in [2.45, 2.75) is 37.8 Å². The summed E-state index contributed by atoms with van der Waals surface area (Å²) in [5.41, 5.74) is -0.125. The van der Waals surface area contributed by atoms with Crippen LogP contribution in [0.2, 0.25) is 5.15 Å². The summed E-state index contributed by atoms with van der Waals surface area (Å²) < 4.78 is 14.0. The van der Waals surface area contributed by atoms with Crippen LogP contribution in [0.5, 0.6) is 0 Å². The lowest BCUT2D eigenvalue weighted by Crippen LogP contribution is -2.70. The molecule has 1 aliphatic heterocycles. The van der Waals surface area contributed by atoms with Gasteiger partial charge in [-0.1, -0.05) is 18.5 Å². The lowest BCUT2D eigenvalue weighted by molar-refractivity contribution is -0.145. The summed E-state index contributed by atoms with van der Waals surface area (Å²) in [5, 5.41) is 11.9. The van der Waals surface area contributed by atoms with Gasteiger partial charge in [0.05, 0.1) is 0 Å². The van der Waals surface area contributed by atoms with E-state index in [1.54, 1.807) is 0 Å². The van der Waals surface area contributed by atoms with E-state index in [2.05, 4.69) is 10.3 Å². The monoisotopic (exact) mass is 272 g/mol. The van der Waals surface area contributed by atoms with Crippen molar-refractivity contribution in [3.05, 3.63) is 28.8 Å². The van der Waals surface area contributed by atoms with E-state index in [-0.39, 0.29) is 5.15 Å². The number of hydrogen-bond donors (Lipinski definition) is 2. The quantitative estimate of drug-likeness (QED) is 0.828. The Kier molecular flexibility index (Phi) is 3.29. The summed E-state index contributed by atoms with van der Waals surface area (Å²) in [6.07, 6.45) is 2.09. The molecule has 4 nitrogen and oxygen atoms in total. The van der Waals surface area contributed by atoms with Crippen molar-refractivity contribution in [3.8, 4) is 0 Å². The molecule has 18 heavy (non-hydrogen) atoms. The molecule has 1 saturated heterocycles. The van der Waals surface area contributed by atoms with Gasteiger partial charge in [0.15, 0.2) is 11.0 Å². The first kappa shape index (κ1) is 13.2. The molecule has 1 aromatic rings. The highest BCUT2D eigenvalue weighted by molar-refractivity contribution is 6.29. The van der Waals surface area contributed by atoms with Gasteiger partial charge in [0, 0.05) is 17.7 Å². The Hall–Kier alpha value is -1.20. The second-order valence-electron chi connectivity index (χ2n) is 4.71. The molecular weight excluding hydrogens is 259 g/mol. The van der Waals surface area contributed by atoms with Gasteiger partial charge in [0.25, 0.3) is 0 Å². The third kappa shape index (κ3) is 1.87. The zero-order valence-corrected chi connectivity index (χ0v) is 10.8. The molecular formula is C12H14ClFN2O2. The first-order valence-corrected chi connectivity index (χ1v) is 6.09. The minimum Gasteiger partial charge on any atom is -0.480 e. The largest absolute Gasteiger partial charge is 0.480 e. The Morgan fingerprint density at radius 2 is 2.39 bits per heavy atom. The fraction of sp³-hybridized carbons (Fsp3) is 0.500. The molecule has 0 spiro atoms. The molecule has 0 aromatic carbocycles. The van der Waals surface area contributed by atoms with E-state index >= 15 is 0 Å². The van der Waals surface area contributed by atoms with Gasteiger partial charge < -0.3 is 5.11 Å². The molecule has 3 atom stereocenters. The highest BCUT2D eigenvalue weighted by Gasteiger charge is 2.54. The average Bonchev–Trinajstić information content (AvgIpc) is 2.31. The van der Waals surface area contributed by atoms with Crippen LogP contribution >= 0.6 is 11.6 Å². The van der Waals surface area contributed by atoms with Gasteiger partial charge in [-0.25, -0.2) is 9.37 Å². The number of aliphatic carboxylic acids is 1. The number of rotatable bonds is 3. The lowest BCUT2D eigenvalue weighted by Gasteiger charge is -2.52. The Bertz CT molecular complexity index is 497. The molecule has 6 heteroatoms. The molecule has 98 valence electrons. The number of aromatic nitrogens is 1. The lowest BCUT2D eigenvalue weighted by atomic mass is 9.66. The smallest absolute Gasteiger partial charge is 0.321 e. The van der Waals surface area contributed by atoms with E-state index in [4.69, 9.17) is 16.7 Å². The zero-order valence-electron chi connectivity index (χ0n) is 10.1. The van der Waals surface area contributed by atoms with E-state index < -0.39 is 29.3 Å². The first-order valence-electron chi connectivity index (χ1n) is 5.71. The average molecular weight is 273 g/mol. The molecule has 2 rings (SSSR count). The highest BCUT2D eigenvalue weighted by Crippen LogP contribution is 2.44. The Labute approximate surface area is 109 Å². The van der Waals surface area contributed by atoms with Crippen LogP contribution in [0.25, 0.3) is 0 Å². The van der Waals surface area contributed by atoms with Crippen LogP contribution in [0.3, 0.4) is 0 Å². The summed E-state index contributed by atoms with van der Waals surface area (Å²) in [5.74, 6) is -2.06. The van der Waals surface area contributed by atoms with Gasteiger partial charge in [-0.3, -0.25) is 10.1 Å². The summed E-state index contributed by atoms with van der Waals surface area (Å²) in [6.45, 7) is 3.81. The minimum absolute atomic E-state index is 0.220. The molecule has 1 aliphatic rings. The van der Waals surface area contributed by atoms with Crippen LogP contribution in [0.15, 0.2) is 12.3 Å². The molecule has 0 saturated carbocycles. The van der Waals surface area contributed by atoms with Gasteiger partial charge in [0.1, 0.15) is 6.04 Å². The van der Waals surface area contributed by atoms with E-state index in [1.807, 2.05) is 13.8 Å². The van der Waals surface area contributed by atoms with E-state index in [0.717, 1.165) is 0 Å². The predicted molar refractivity (Wildman–Crippen MR) is 65.2 cm³/mol. The topological polar surface area (TPSA) is 62.2 Å². The maximum absolute atomic E-state index is 14.0. The molecule has 0 bridgehead atoms. The third-order valence-corrected chi connectivity index (χ3v) is 3.98. The maximum atomic E-state index is 14.0. The number of halogens is 2. The van der Waals surface area contributed by atoms with Crippen molar-refractivity contribution in [1.29, 1.82) is 0 Å². The van der Waals surface area contributed by atoms with Crippen molar-refractivity contribution in [2.75, 3.05) is 0 Å². The first-order chi connectivity index (χ1) is 8.40. The van der Waals surface area contributed by atoms with Crippen LogP contribution in [0.4, 0.5) is 4.39 Å². The second kappa shape index (κ2) is 4.48. The van der Waals surface area contributed by atoms with Gasteiger partial charge in [-0.2, -0.15) is 0 Å². The molecule has 0 amide bonds. The summed E-state index contributed by atoms with van der Waals surface area (Å²) in [6, 6.07) is 0.708. The number of carbonyl (C=O) groups is 1. The molecule has 0 aliphatic carbocycles. The van der Waals surface area contributed by atoms with Crippen molar-refractivity contribution in [2.24, 2.45) is 0 Å². The van der Waals surface area contributed by atoms with Crippen molar-refractivity contribution >= 4 is 17.6 Å². The Balaban J connectivity index is 2.45. The van der Waals surface area contributed by atoms with Gasteiger partial charge >= 0.3 is 5.97 Å². The maximum Gasteiger partial charge on any atom is 0.321 e. The number of nitrogens with zero attached hydrogens (tertiary/aromatic N) is 1. The van der Waals surface area contributed by atoms with Gasteiger partial charge in [0.2, 0.25) is 0 Å². The highest BCUT2D eigenvalue weighted by atomic mass is 35.5. The van der Waals surface area contributed by atoms with Crippen LogP contribution in [0, 0.1) is 5.82 Å². The number of hydrogen-bond acceptors (Lipinski definition) is 3. The number of carboxylic acids is 1. The van der Waals surface area contributed by atoms with Crippen LogP contribution in [-0.4, -0.2) is 27.6 Å². The van der Waals surface area contributed by atoms with Gasteiger partial charge in [-0.15, -0.1) is 0 Å². The number of nitrogens with one attached hydrogen (secondary N) is 1. The van der Waals surface area contributed by atoms with Crippen LogP contribution in [0.1, 0.15) is 31.7 Å². The van der Waals surface area contributed by atoms with E-state index in [9.17, 15) is 9.18 Å². The Morgan fingerprint density at radius 1 is 1.72 bits per heavy atom. The molecule has 2 N–H and O–H groups in total. The number of carboxylic acid groups (broad SMARTS) is 1. The zero-order chi connectivity index (χ0) is 13.5.